The molecule has 0 bridgehead atoms. The first-order valence-electron chi connectivity index (χ1n) is 6.53. The maximum Gasteiger partial charge on any atom is 0.241 e. The molecule has 0 atom stereocenters. The Balaban J connectivity index is 1.69. The second-order valence-corrected chi connectivity index (χ2v) is 4.97. The third kappa shape index (κ3) is 3.23. The second kappa shape index (κ2) is 6.15. The zero-order valence-corrected chi connectivity index (χ0v) is 11.6. The molecule has 106 valence electrons. The molecule has 0 spiro atoms. The Morgan fingerprint density at radius 2 is 2.15 bits per heavy atom. The van der Waals surface area contributed by atoms with Crippen LogP contribution >= 0.6 is 11.6 Å². The third-order valence-corrected chi connectivity index (χ3v) is 3.39. The van der Waals surface area contributed by atoms with Crippen molar-refractivity contribution in [2.45, 2.75) is 12.8 Å². The molecule has 0 radical (unpaired) electrons. The number of hydrogen-bond donors (Lipinski definition) is 1. The van der Waals surface area contributed by atoms with Gasteiger partial charge in [-0.3, -0.25) is 4.57 Å². The Morgan fingerprint density at radius 3 is 2.90 bits per heavy atom. The molecule has 8 heteroatoms. The number of hydrogen-bond acceptors (Lipinski definition) is 6. The smallest absolute Gasteiger partial charge is 0.241 e. The first-order valence-corrected chi connectivity index (χ1v) is 6.90. The van der Waals surface area contributed by atoms with Crippen LogP contribution in [0.15, 0.2) is 18.7 Å². The van der Waals surface area contributed by atoms with Crippen molar-refractivity contribution in [3.8, 4) is 5.95 Å². The van der Waals surface area contributed by atoms with Gasteiger partial charge in [-0.25, -0.2) is 4.98 Å². The normalized spacial score (nSPS) is 16.2. The van der Waals surface area contributed by atoms with E-state index in [0.29, 0.717) is 17.8 Å². The van der Waals surface area contributed by atoms with E-state index in [1.165, 1.54) is 0 Å². The lowest BCUT2D eigenvalue weighted by Gasteiger charge is -2.22. The Morgan fingerprint density at radius 1 is 1.30 bits per heavy atom. The molecule has 1 saturated heterocycles. The maximum absolute atomic E-state index is 5.93. The highest BCUT2D eigenvalue weighted by Gasteiger charge is 2.14. The van der Waals surface area contributed by atoms with Gasteiger partial charge in [-0.05, 0) is 30.4 Å². The van der Waals surface area contributed by atoms with Crippen molar-refractivity contribution in [3.05, 3.63) is 24.0 Å². The Bertz CT molecular complexity index is 555. The molecular weight excluding hydrogens is 280 g/mol. The van der Waals surface area contributed by atoms with Crippen LogP contribution in [0.1, 0.15) is 12.8 Å². The van der Waals surface area contributed by atoms with Crippen LogP contribution in [-0.2, 0) is 4.74 Å². The monoisotopic (exact) mass is 294 g/mol. The van der Waals surface area contributed by atoms with E-state index in [2.05, 4.69) is 25.3 Å². The molecule has 0 unspecified atom stereocenters. The summed E-state index contributed by atoms with van der Waals surface area (Å²) >= 11 is 5.93. The average Bonchev–Trinajstić information content (AvgIpc) is 3.00. The first kappa shape index (κ1) is 13.3. The summed E-state index contributed by atoms with van der Waals surface area (Å²) in [5.74, 6) is 1.52. The minimum atomic E-state index is 0.165. The maximum atomic E-state index is 5.93. The van der Waals surface area contributed by atoms with Gasteiger partial charge in [0.25, 0.3) is 0 Å². The number of nitrogens with zero attached hydrogens (tertiary/aromatic N) is 5. The molecule has 7 nitrogen and oxygen atoms in total. The van der Waals surface area contributed by atoms with Gasteiger partial charge in [0.05, 0.1) is 0 Å². The number of halogens is 1. The largest absolute Gasteiger partial charge is 0.381 e. The minimum absolute atomic E-state index is 0.165. The highest BCUT2D eigenvalue weighted by Crippen LogP contribution is 2.16. The van der Waals surface area contributed by atoms with E-state index in [-0.39, 0.29) is 5.28 Å². The molecule has 1 aliphatic rings. The summed E-state index contributed by atoms with van der Waals surface area (Å²) in [6, 6.07) is 0. The van der Waals surface area contributed by atoms with Crippen LogP contribution < -0.4 is 5.32 Å². The summed E-state index contributed by atoms with van der Waals surface area (Å²) in [7, 11) is 0. The first-order chi connectivity index (χ1) is 9.81. The zero-order chi connectivity index (χ0) is 13.8. The van der Waals surface area contributed by atoms with Crippen LogP contribution in [0.2, 0.25) is 5.28 Å². The van der Waals surface area contributed by atoms with Crippen LogP contribution in [0.4, 0.5) is 5.95 Å². The molecule has 1 aliphatic heterocycles. The van der Waals surface area contributed by atoms with Gasteiger partial charge in [0.15, 0.2) is 0 Å². The van der Waals surface area contributed by atoms with Crippen LogP contribution in [0.25, 0.3) is 5.95 Å². The molecule has 1 N–H and O–H groups in total. The van der Waals surface area contributed by atoms with Gasteiger partial charge in [0.2, 0.25) is 17.2 Å². The predicted octanol–water partition coefficient (Wildman–Crippen LogP) is 1.55. The van der Waals surface area contributed by atoms with Crippen molar-refractivity contribution in [1.82, 2.24) is 24.5 Å². The van der Waals surface area contributed by atoms with E-state index >= 15 is 0 Å². The molecule has 0 amide bonds. The lowest BCUT2D eigenvalue weighted by molar-refractivity contribution is 0.0699. The molecule has 20 heavy (non-hydrogen) atoms. The molecule has 2 aromatic heterocycles. The highest BCUT2D eigenvalue weighted by atomic mass is 35.5. The van der Waals surface area contributed by atoms with Gasteiger partial charge in [-0.2, -0.15) is 15.0 Å². The Labute approximate surface area is 121 Å². The zero-order valence-electron chi connectivity index (χ0n) is 10.9. The summed E-state index contributed by atoms with van der Waals surface area (Å²) in [5, 5.41) is 3.39. The van der Waals surface area contributed by atoms with Crippen LogP contribution in [0, 0.1) is 5.92 Å². The lowest BCUT2D eigenvalue weighted by Crippen LogP contribution is -2.23. The number of ether oxygens (including phenoxy) is 1. The second-order valence-electron chi connectivity index (χ2n) is 4.63. The molecule has 2 aromatic rings. The van der Waals surface area contributed by atoms with Crippen LogP contribution in [0.5, 0.6) is 0 Å². The summed E-state index contributed by atoms with van der Waals surface area (Å²) in [6.45, 7) is 2.46. The van der Waals surface area contributed by atoms with E-state index in [9.17, 15) is 0 Å². The number of anilines is 1. The van der Waals surface area contributed by atoms with Gasteiger partial charge >= 0.3 is 0 Å². The standard InChI is InChI=1S/C12H15ClN6O/c13-10-16-11(15-7-9-1-5-20-6-2-9)18-12(17-10)19-4-3-14-8-19/h3-4,8-9H,1-2,5-7H2,(H,15,16,17,18). The van der Waals surface area contributed by atoms with Gasteiger partial charge < -0.3 is 10.1 Å². The number of aromatic nitrogens is 5. The third-order valence-electron chi connectivity index (χ3n) is 3.22. The lowest BCUT2D eigenvalue weighted by atomic mass is 10.0. The van der Waals surface area contributed by atoms with Crippen molar-refractivity contribution in [2.24, 2.45) is 5.92 Å². The SMILES string of the molecule is Clc1nc(NCC2CCOCC2)nc(-n2ccnc2)n1. The molecular formula is C12H15ClN6O. The summed E-state index contributed by atoms with van der Waals surface area (Å²) in [6.07, 6.45) is 7.15. The van der Waals surface area contributed by atoms with E-state index in [1.54, 1.807) is 23.3 Å². The Hall–Kier alpha value is -1.73. The van der Waals surface area contributed by atoms with Gasteiger partial charge in [0.1, 0.15) is 6.33 Å². The van der Waals surface area contributed by atoms with Gasteiger partial charge in [-0.1, -0.05) is 0 Å². The van der Waals surface area contributed by atoms with Crippen molar-refractivity contribution in [2.75, 3.05) is 25.1 Å². The summed E-state index contributed by atoms with van der Waals surface area (Å²) < 4.78 is 7.03. The fraction of sp³-hybridized carbons (Fsp3) is 0.500. The van der Waals surface area contributed by atoms with Crippen molar-refractivity contribution in [3.63, 3.8) is 0 Å². The van der Waals surface area contributed by atoms with Gasteiger partial charge in [0, 0.05) is 32.2 Å². The molecule has 3 heterocycles. The van der Waals surface area contributed by atoms with Crippen molar-refractivity contribution >= 4 is 17.5 Å². The Kier molecular flexibility index (Phi) is 4.08. The number of rotatable bonds is 4. The number of imidazole rings is 1. The fourth-order valence-corrected chi connectivity index (χ4v) is 2.25. The fourth-order valence-electron chi connectivity index (χ4n) is 2.10. The average molecular weight is 295 g/mol. The van der Waals surface area contributed by atoms with Crippen LogP contribution in [-0.4, -0.2) is 44.3 Å². The highest BCUT2D eigenvalue weighted by molar-refractivity contribution is 6.28. The van der Waals surface area contributed by atoms with Crippen molar-refractivity contribution in [1.29, 1.82) is 0 Å². The minimum Gasteiger partial charge on any atom is -0.381 e. The predicted molar refractivity (Wildman–Crippen MR) is 74.0 cm³/mol. The molecule has 3 rings (SSSR count). The van der Waals surface area contributed by atoms with Crippen LogP contribution in [0.3, 0.4) is 0 Å². The quantitative estimate of drug-likeness (QED) is 0.922. The van der Waals surface area contributed by atoms with Crippen molar-refractivity contribution < 1.29 is 4.74 Å². The van der Waals surface area contributed by atoms with E-state index in [0.717, 1.165) is 32.6 Å². The summed E-state index contributed by atoms with van der Waals surface area (Å²) in [5.41, 5.74) is 0. The topological polar surface area (TPSA) is 77.8 Å². The molecule has 0 aliphatic carbocycles. The van der Waals surface area contributed by atoms with E-state index in [1.807, 2.05) is 0 Å². The van der Waals surface area contributed by atoms with Gasteiger partial charge in [-0.15, -0.1) is 0 Å². The molecule has 0 saturated carbocycles. The molecule has 1 fully saturated rings. The summed E-state index contributed by atoms with van der Waals surface area (Å²) in [4.78, 5) is 16.5. The molecule has 0 aromatic carbocycles. The van der Waals surface area contributed by atoms with E-state index < -0.39 is 0 Å². The van der Waals surface area contributed by atoms with E-state index in [4.69, 9.17) is 16.3 Å². The number of nitrogens with one attached hydrogen (secondary N) is 1.